The average Bonchev–Trinajstić information content (AvgIpc) is 3.45. The van der Waals surface area contributed by atoms with Crippen LogP contribution in [0, 0.1) is 11.3 Å². The third-order valence-corrected chi connectivity index (χ3v) is 7.43. The second-order valence-electron chi connectivity index (χ2n) is 12.5. The lowest BCUT2D eigenvalue weighted by molar-refractivity contribution is -0.174. The zero-order valence-electron chi connectivity index (χ0n) is 26.6. The molecule has 5 N–H and O–H groups in total. The summed E-state index contributed by atoms with van der Waals surface area (Å²) in [5, 5.41) is 37.6. The van der Waals surface area contributed by atoms with E-state index in [1.807, 2.05) is 6.07 Å². The maximum absolute atomic E-state index is 13.0. The Balaban J connectivity index is 2.05. The van der Waals surface area contributed by atoms with Crippen molar-refractivity contribution in [2.24, 2.45) is 0 Å². The van der Waals surface area contributed by atoms with Gasteiger partial charge in [0.15, 0.2) is 24.6 Å². The van der Waals surface area contributed by atoms with Crippen molar-refractivity contribution in [2.75, 3.05) is 12.3 Å². The molecule has 0 amide bonds. The molecule has 3 heterocycles. The van der Waals surface area contributed by atoms with E-state index in [9.17, 15) is 34.4 Å². The van der Waals surface area contributed by atoms with Crippen molar-refractivity contribution in [3.63, 3.8) is 0 Å². The molecule has 1 fully saturated rings. The van der Waals surface area contributed by atoms with E-state index in [1.165, 1.54) is 51.5 Å². The number of esters is 3. The number of anilines is 1. The van der Waals surface area contributed by atoms with Gasteiger partial charge in [0.2, 0.25) is 5.60 Å². The fourth-order valence-electron chi connectivity index (χ4n) is 4.55. The first-order valence-corrected chi connectivity index (χ1v) is 15.5. The van der Waals surface area contributed by atoms with E-state index in [-0.39, 0.29) is 11.5 Å². The first-order chi connectivity index (χ1) is 21.2. The van der Waals surface area contributed by atoms with Gasteiger partial charge in [0.25, 0.3) is 0 Å². The third kappa shape index (κ3) is 9.38. The molecule has 2 aromatic heterocycles. The average molecular weight is 668 g/mol. The quantitative estimate of drug-likeness (QED) is 0.126. The molecule has 1 aliphatic heterocycles. The standard InChI is InChI=1S/C28H40N6O11P/c1-15(2)42-25(37)16(3)33-46(40)41-13-28(12-29)23(44-20(36)11-27(6,7)39)22(43-19(35)10-26(4,5)38)21(45-28)17-8-9-18-24(30)31-14-32-34(17)18/h8-9,14-16,21-23,38-39H,10-11,13H2,1-7H3,(H,33,40)(H2,30,31,32)/q+1/t16-,21-,22-,23-,28+/m0/s1. The molecule has 18 heteroatoms. The van der Waals surface area contributed by atoms with Crippen LogP contribution in [-0.4, -0.2) is 90.5 Å². The summed E-state index contributed by atoms with van der Waals surface area (Å²) in [7, 11) is -2.83. The van der Waals surface area contributed by atoms with Crippen LogP contribution < -0.4 is 10.8 Å². The minimum Gasteiger partial charge on any atom is -0.462 e. The Morgan fingerprint density at radius 1 is 1.15 bits per heavy atom. The molecule has 1 saturated heterocycles. The number of aromatic nitrogens is 3. The SMILES string of the molecule is CC(C)OC(=O)[C@H](C)N[P+](=O)OC[C@@]1(C#N)O[C@@H](c2ccc3c(N)ncnn23)[C@H](OC(=O)CC(C)(C)O)[C@@H]1OC(=O)CC(C)(C)O. The molecule has 1 unspecified atom stereocenters. The predicted octanol–water partition coefficient (Wildman–Crippen LogP) is 1.39. The Morgan fingerprint density at radius 2 is 1.76 bits per heavy atom. The van der Waals surface area contributed by atoms with Gasteiger partial charge in [-0.3, -0.25) is 14.4 Å². The molecule has 0 saturated carbocycles. The highest BCUT2D eigenvalue weighted by Gasteiger charge is 2.62. The Morgan fingerprint density at radius 3 is 2.33 bits per heavy atom. The number of aliphatic hydroxyl groups is 2. The maximum atomic E-state index is 13.0. The molecule has 6 atom stereocenters. The van der Waals surface area contributed by atoms with E-state index in [1.54, 1.807) is 19.9 Å². The number of rotatable bonds is 14. The lowest BCUT2D eigenvalue weighted by Crippen LogP contribution is -2.50. The molecule has 0 aromatic carbocycles. The van der Waals surface area contributed by atoms with Gasteiger partial charge in [-0.05, 0) is 65.2 Å². The van der Waals surface area contributed by atoms with Gasteiger partial charge in [-0.2, -0.15) is 10.4 Å². The van der Waals surface area contributed by atoms with Crippen molar-refractivity contribution in [3.8, 4) is 6.07 Å². The first kappa shape index (κ1) is 36.7. The molecule has 0 spiro atoms. The monoisotopic (exact) mass is 667 g/mol. The molecule has 2 aromatic rings. The van der Waals surface area contributed by atoms with Gasteiger partial charge >= 0.3 is 26.1 Å². The van der Waals surface area contributed by atoms with Gasteiger partial charge in [-0.25, -0.2) is 9.50 Å². The number of nitrogen functional groups attached to an aromatic ring is 1. The van der Waals surface area contributed by atoms with Crippen LogP contribution in [0.2, 0.25) is 0 Å². The number of nitrogens with two attached hydrogens (primary N) is 1. The van der Waals surface area contributed by atoms with Gasteiger partial charge in [0.1, 0.15) is 30.1 Å². The fourth-order valence-corrected chi connectivity index (χ4v) is 5.35. The third-order valence-electron chi connectivity index (χ3n) is 6.47. The Bertz CT molecular complexity index is 1500. The number of fused-ring (bicyclic) bond motifs is 1. The number of nitriles is 1. The van der Waals surface area contributed by atoms with E-state index < -0.39 is 92.8 Å². The minimum atomic E-state index is -2.83. The number of hydrogen-bond donors (Lipinski definition) is 4. The maximum Gasteiger partial charge on any atom is 0.613 e. The van der Waals surface area contributed by atoms with E-state index in [0.29, 0.717) is 5.52 Å². The van der Waals surface area contributed by atoms with Crippen LogP contribution in [0.25, 0.3) is 5.52 Å². The molecule has 252 valence electrons. The van der Waals surface area contributed by atoms with Gasteiger partial charge in [0.05, 0.1) is 35.8 Å². The van der Waals surface area contributed by atoms with E-state index >= 15 is 0 Å². The highest BCUT2D eigenvalue weighted by molar-refractivity contribution is 7.36. The molecule has 46 heavy (non-hydrogen) atoms. The molecular weight excluding hydrogens is 627 g/mol. The lowest BCUT2D eigenvalue weighted by Gasteiger charge is -2.29. The topological polar surface area (TPSA) is 247 Å². The summed E-state index contributed by atoms with van der Waals surface area (Å²) in [5.74, 6) is -2.51. The summed E-state index contributed by atoms with van der Waals surface area (Å²) in [6.07, 6.45) is -4.91. The van der Waals surface area contributed by atoms with Gasteiger partial charge in [-0.15, -0.1) is 4.52 Å². The number of ether oxygens (including phenoxy) is 4. The lowest BCUT2D eigenvalue weighted by atomic mass is 9.95. The Hall–Kier alpha value is -3.78. The van der Waals surface area contributed by atoms with Crippen LogP contribution in [0.3, 0.4) is 0 Å². The molecule has 0 aliphatic carbocycles. The zero-order chi connectivity index (χ0) is 34.6. The van der Waals surface area contributed by atoms with Crippen molar-refractivity contribution < 1.29 is 52.6 Å². The Kier molecular flexibility index (Phi) is 11.4. The normalized spacial score (nSPS) is 22.7. The molecule has 0 radical (unpaired) electrons. The summed E-state index contributed by atoms with van der Waals surface area (Å²) < 4.78 is 42.3. The molecule has 17 nitrogen and oxygen atoms in total. The van der Waals surface area contributed by atoms with Crippen molar-refractivity contribution in [1.29, 1.82) is 5.26 Å². The molecule has 3 rings (SSSR count). The largest absolute Gasteiger partial charge is 0.613 e. The summed E-state index contributed by atoms with van der Waals surface area (Å²) in [6, 6.07) is 3.93. The van der Waals surface area contributed by atoms with Crippen molar-refractivity contribution in [3.05, 3.63) is 24.2 Å². The highest BCUT2D eigenvalue weighted by Crippen LogP contribution is 2.45. The van der Waals surface area contributed by atoms with Crippen molar-refractivity contribution >= 4 is 37.4 Å². The van der Waals surface area contributed by atoms with Crippen LogP contribution >= 0.6 is 8.18 Å². The summed E-state index contributed by atoms with van der Waals surface area (Å²) >= 11 is 0. The summed E-state index contributed by atoms with van der Waals surface area (Å²) in [6.45, 7) is 9.36. The predicted molar refractivity (Wildman–Crippen MR) is 159 cm³/mol. The van der Waals surface area contributed by atoms with E-state index in [0.717, 1.165) is 0 Å². The zero-order valence-corrected chi connectivity index (χ0v) is 27.5. The summed E-state index contributed by atoms with van der Waals surface area (Å²) in [4.78, 5) is 42.2. The number of carbonyl (C=O) groups excluding carboxylic acids is 3. The number of nitrogens with one attached hydrogen (secondary N) is 1. The van der Waals surface area contributed by atoms with Crippen molar-refractivity contribution in [1.82, 2.24) is 19.7 Å². The summed E-state index contributed by atoms with van der Waals surface area (Å²) in [5.41, 5.74) is 1.27. The van der Waals surface area contributed by atoms with Crippen LogP contribution in [-0.2, 0) is 42.4 Å². The van der Waals surface area contributed by atoms with Crippen molar-refractivity contribution in [2.45, 2.75) is 109 Å². The van der Waals surface area contributed by atoms with Crippen LogP contribution in [0.5, 0.6) is 0 Å². The molecule has 1 aliphatic rings. The van der Waals surface area contributed by atoms with E-state index in [2.05, 4.69) is 15.2 Å². The molecular formula is C28H40N6O11P+. The molecule has 0 bridgehead atoms. The van der Waals surface area contributed by atoms with Crippen LogP contribution in [0.15, 0.2) is 18.5 Å². The number of hydrogen-bond acceptors (Lipinski definition) is 15. The van der Waals surface area contributed by atoms with E-state index in [4.69, 9.17) is 29.2 Å². The second kappa shape index (κ2) is 14.3. The van der Waals surface area contributed by atoms with Gasteiger partial charge in [-0.1, -0.05) is 5.09 Å². The number of nitrogens with zero attached hydrogens (tertiary/aromatic N) is 4. The van der Waals surface area contributed by atoms with Crippen LogP contribution in [0.1, 0.15) is 73.1 Å². The fraction of sp³-hybridized carbons (Fsp3) is 0.643. The number of carbonyl (C=O) groups is 3. The second-order valence-corrected chi connectivity index (χ2v) is 13.5. The highest BCUT2D eigenvalue weighted by atomic mass is 31.1. The van der Waals surface area contributed by atoms with Gasteiger partial charge in [0, 0.05) is 0 Å². The minimum absolute atomic E-state index is 0.103. The first-order valence-electron chi connectivity index (χ1n) is 14.3. The Labute approximate surface area is 266 Å². The van der Waals surface area contributed by atoms with Gasteiger partial charge < -0.3 is 34.9 Å². The van der Waals surface area contributed by atoms with Crippen LogP contribution in [0.4, 0.5) is 5.82 Å². The smallest absolute Gasteiger partial charge is 0.462 e.